The van der Waals surface area contributed by atoms with E-state index in [9.17, 15) is 0 Å². The summed E-state index contributed by atoms with van der Waals surface area (Å²) in [4.78, 5) is 6.33. The smallest absolute Gasteiger partial charge is 0.127 e. The van der Waals surface area contributed by atoms with Crippen LogP contribution >= 0.6 is 0 Å². The summed E-state index contributed by atoms with van der Waals surface area (Å²) < 4.78 is 2.04. The van der Waals surface area contributed by atoms with Crippen LogP contribution in [0.5, 0.6) is 0 Å². The van der Waals surface area contributed by atoms with Gasteiger partial charge in [0, 0.05) is 30.5 Å². The molecule has 102 valence electrons. The van der Waals surface area contributed by atoms with Crippen LogP contribution in [-0.2, 0) is 13.1 Å². The summed E-state index contributed by atoms with van der Waals surface area (Å²) in [5, 5.41) is 4.46. The van der Waals surface area contributed by atoms with Crippen LogP contribution in [-0.4, -0.2) is 33.3 Å². The number of likely N-dealkylation sites (N-methyl/N-ethyl adjacent to an activating group) is 1. The molecular weight excluding hydrogens is 238 g/mol. The molecule has 2 rings (SSSR count). The molecule has 0 unspecified atom stereocenters. The van der Waals surface area contributed by atoms with Crippen LogP contribution in [0.15, 0.2) is 24.4 Å². The molecule has 5 nitrogen and oxygen atoms in total. The number of hydrogen-bond donors (Lipinski definition) is 1. The zero-order valence-electron chi connectivity index (χ0n) is 11.8. The first kappa shape index (κ1) is 13.5. The number of nitrogens with zero attached hydrogens (tertiary/aromatic N) is 4. The lowest BCUT2D eigenvalue weighted by Gasteiger charge is -2.17. The van der Waals surface area contributed by atoms with Crippen LogP contribution in [0.4, 0.5) is 5.82 Å². The Balaban J connectivity index is 1.90. The maximum atomic E-state index is 5.85. The van der Waals surface area contributed by atoms with Gasteiger partial charge in [-0.2, -0.15) is 5.10 Å². The van der Waals surface area contributed by atoms with Crippen molar-refractivity contribution < 1.29 is 0 Å². The molecule has 0 bridgehead atoms. The van der Waals surface area contributed by atoms with E-state index in [4.69, 9.17) is 5.73 Å². The van der Waals surface area contributed by atoms with Crippen LogP contribution in [0.3, 0.4) is 0 Å². The Morgan fingerprint density at radius 2 is 2.16 bits per heavy atom. The molecule has 5 heteroatoms. The highest BCUT2D eigenvalue weighted by molar-refractivity contribution is 5.38. The third-order valence-electron chi connectivity index (χ3n) is 3.16. The summed E-state index contributed by atoms with van der Waals surface area (Å²) in [6.07, 6.45) is 1.72. The average molecular weight is 259 g/mol. The predicted octanol–water partition coefficient (Wildman–Crippen LogP) is 1.61. The fourth-order valence-electron chi connectivity index (χ4n) is 2.12. The van der Waals surface area contributed by atoms with E-state index in [1.54, 1.807) is 6.20 Å². The van der Waals surface area contributed by atoms with Gasteiger partial charge in [0.05, 0.1) is 12.2 Å². The minimum Gasteiger partial charge on any atom is -0.383 e. The molecule has 0 spiro atoms. The van der Waals surface area contributed by atoms with Crippen molar-refractivity contribution >= 4 is 5.82 Å². The number of aromatic nitrogens is 3. The first-order valence-electron chi connectivity index (χ1n) is 6.45. The Bertz CT molecular complexity index is 547. The first-order valence-corrected chi connectivity index (χ1v) is 6.45. The molecule has 0 fully saturated rings. The molecule has 0 radical (unpaired) electrons. The van der Waals surface area contributed by atoms with Crippen molar-refractivity contribution in [2.75, 3.05) is 19.3 Å². The molecule has 2 aromatic heterocycles. The highest BCUT2D eigenvalue weighted by Crippen LogP contribution is 2.09. The van der Waals surface area contributed by atoms with Crippen molar-refractivity contribution in [2.24, 2.45) is 0 Å². The Hall–Kier alpha value is -1.88. The maximum absolute atomic E-state index is 5.85. The van der Waals surface area contributed by atoms with Crippen molar-refractivity contribution in [1.82, 2.24) is 19.7 Å². The van der Waals surface area contributed by atoms with E-state index in [2.05, 4.69) is 35.0 Å². The molecular formula is C14H21N5. The second-order valence-electron chi connectivity index (χ2n) is 4.94. The largest absolute Gasteiger partial charge is 0.383 e. The van der Waals surface area contributed by atoms with Crippen LogP contribution in [0, 0.1) is 13.8 Å². The quantitative estimate of drug-likeness (QED) is 0.886. The number of rotatable bonds is 5. The van der Waals surface area contributed by atoms with Gasteiger partial charge in [-0.15, -0.1) is 0 Å². The third kappa shape index (κ3) is 3.54. The van der Waals surface area contributed by atoms with Gasteiger partial charge in [-0.3, -0.25) is 4.68 Å². The topological polar surface area (TPSA) is 60.0 Å². The molecule has 0 atom stereocenters. The van der Waals surface area contributed by atoms with Crippen LogP contribution in [0.1, 0.15) is 17.0 Å². The molecule has 0 saturated carbocycles. The SMILES string of the molecule is Cc1cc(C)n(CCN(C)Cc2cccnc2N)n1. The van der Waals surface area contributed by atoms with Crippen LogP contribution in [0.2, 0.25) is 0 Å². The summed E-state index contributed by atoms with van der Waals surface area (Å²) in [6, 6.07) is 6.03. The molecule has 0 aliphatic heterocycles. The number of aryl methyl sites for hydroxylation is 2. The Morgan fingerprint density at radius 3 is 2.79 bits per heavy atom. The summed E-state index contributed by atoms with van der Waals surface area (Å²) in [5.41, 5.74) is 9.18. The molecule has 19 heavy (non-hydrogen) atoms. The molecule has 0 amide bonds. The van der Waals surface area contributed by atoms with E-state index in [-0.39, 0.29) is 0 Å². The van der Waals surface area contributed by atoms with E-state index in [0.717, 1.165) is 30.9 Å². The number of pyridine rings is 1. The number of anilines is 1. The van der Waals surface area contributed by atoms with Gasteiger partial charge in [0.15, 0.2) is 0 Å². The minimum absolute atomic E-state index is 0.612. The highest BCUT2D eigenvalue weighted by atomic mass is 15.3. The Labute approximate surface area is 114 Å². The van der Waals surface area contributed by atoms with Gasteiger partial charge in [-0.25, -0.2) is 4.98 Å². The number of hydrogen-bond acceptors (Lipinski definition) is 4. The molecule has 0 aliphatic rings. The van der Waals surface area contributed by atoms with E-state index < -0.39 is 0 Å². The monoisotopic (exact) mass is 259 g/mol. The van der Waals surface area contributed by atoms with Gasteiger partial charge in [0.25, 0.3) is 0 Å². The molecule has 2 aromatic rings. The second kappa shape index (κ2) is 5.84. The summed E-state index contributed by atoms with van der Waals surface area (Å²) in [7, 11) is 2.08. The molecule has 0 saturated heterocycles. The summed E-state index contributed by atoms with van der Waals surface area (Å²) in [5.74, 6) is 0.612. The number of nitrogens with two attached hydrogens (primary N) is 1. The van der Waals surface area contributed by atoms with E-state index >= 15 is 0 Å². The standard InChI is InChI=1S/C14H21N5/c1-11-9-12(2)19(17-11)8-7-18(3)10-13-5-4-6-16-14(13)15/h4-6,9H,7-8,10H2,1-3H3,(H2,15,16). The number of nitrogen functional groups attached to an aromatic ring is 1. The third-order valence-corrected chi connectivity index (χ3v) is 3.16. The van der Waals surface area contributed by atoms with E-state index in [1.807, 2.05) is 23.7 Å². The van der Waals surface area contributed by atoms with Gasteiger partial charge in [-0.1, -0.05) is 6.07 Å². The van der Waals surface area contributed by atoms with Gasteiger partial charge in [-0.05, 0) is 33.0 Å². The zero-order chi connectivity index (χ0) is 13.8. The lowest BCUT2D eigenvalue weighted by atomic mass is 10.2. The fourth-order valence-corrected chi connectivity index (χ4v) is 2.12. The van der Waals surface area contributed by atoms with Gasteiger partial charge in [0.2, 0.25) is 0 Å². The van der Waals surface area contributed by atoms with Gasteiger partial charge < -0.3 is 10.6 Å². The molecule has 2 N–H and O–H groups in total. The fraction of sp³-hybridized carbons (Fsp3) is 0.429. The minimum atomic E-state index is 0.612. The van der Waals surface area contributed by atoms with E-state index in [1.165, 1.54) is 5.69 Å². The van der Waals surface area contributed by atoms with Crippen LogP contribution < -0.4 is 5.73 Å². The Kier molecular flexibility index (Phi) is 4.16. The molecule has 0 aliphatic carbocycles. The summed E-state index contributed by atoms with van der Waals surface area (Å²) in [6.45, 7) is 6.72. The van der Waals surface area contributed by atoms with Gasteiger partial charge >= 0.3 is 0 Å². The Morgan fingerprint density at radius 1 is 1.37 bits per heavy atom. The zero-order valence-corrected chi connectivity index (χ0v) is 11.8. The van der Waals surface area contributed by atoms with Crippen molar-refractivity contribution in [3.8, 4) is 0 Å². The maximum Gasteiger partial charge on any atom is 0.127 e. The van der Waals surface area contributed by atoms with Crippen molar-refractivity contribution in [2.45, 2.75) is 26.9 Å². The van der Waals surface area contributed by atoms with Crippen molar-refractivity contribution in [3.63, 3.8) is 0 Å². The van der Waals surface area contributed by atoms with E-state index in [0.29, 0.717) is 5.82 Å². The van der Waals surface area contributed by atoms with Crippen molar-refractivity contribution in [3.05, 3.63) is 41.3 Å². The summed E-state index contributed by atoms with van der Waals surface area (Å²) >= 11 is 0. The lowest BCUT2D eigenvalue weighted by molar-refractivity contribution is 0.304. The van der Waals surface area contributed by atoms with Crippen molar-refractivity contribution in [1.29, 1.82) is 0 Å². The average Bonchev–Trinajstić information content (AvgIpc) is 2.68. The second-order valence-corrected chi connectivity index (χ2v) is 4.94. The highest BCUT2D eigenvalue weighted by Gasteiger charge is 2.06. The first-order chi connectivity index (χ1) is 9.06. The van der Waals surface area contributed by atoms with Crippen LogP contribution in [0.25, 0.3) is 0 Å². The predicted molar refractivity (Wildman–Crippen MR) is 76.7 cm³/mol. The molecule has 0 aromatic carbocycles. The normalized spacial score (nSPS) is 11.2. The van der Waals surface area contributed by atoms with Gasteiger partial charge in [0.1, 0.15) is 5.82 Å². The lowest BCUT2D eigenvalue weighted by Crippen LogP contribution is -2.24. The molecule has 2 heterocycles.